The number of amides is 1. The van der Waals surface area contributed by atoms with Crippen molar-refractivity contribution in [3.05, 3.63) is 39.9 Å². The van der Waals surface area contributed by atoms with Gasteiger partial charge in [-0.15, -0.1) is 0 Å². The second-order valence-corrected chi connectivity index (χ2v) is 5.04. The highest BCUT2D eigenvalue weighted by molar-refractivity contribution is 9.10. The number of halogens is 1. The molecule has 1 heterocycles. The molecule has 5 nitrogen and oxygen atoms in total. The van der Waals surface area contributed by atoms with E-state index in [0.717, 1.165) is 6.08 Å². The zero-order valence-corrected chi connectivity index (χ0v) is 11.6. The summed E-state index contributed by atoms with van der Waals surface area (Å²) < 4.78 is 0.632. The number of fused-ring (bicyclic) bond motifs is 1. The van der Waals surface area contributed by atoms with Crippen LogP contribution in [0.25, 0.3) is 0 Å². The van der Waals surface area contributed by atoms with Gasteiger partial charge in [0.1, 0.15) is 0 Å². The van der Waals surface area contributed by atoms with E-state index in [9.17, 15) is 14.4 Å². The van der Waals surface area contributed by atoms with Gasteiger partial charge in [0.05, 0.1) is 11.3 Å². The van der Waals surface area contributed by atoms with E-state index in [1.54, 1.807) is 25.1 Å². The molecule has 6 heteroatoms. The van der Waals surface area contributed by atoms with Crippen LogP contribution in [0.2, 0.25) is 0 Å². The number of rotatable bonds is 3. The van der Waals surface area contributed by atoms with Crippen LogP contribution < -0.4 is 4.90 Å². The molecular formula is C13H10BrNO4. The molecule has 1 aliphatic heterocycles. The normalized spacial score (nSPS) is 14.8. The molecule has 0 fully saturated rings. The maximum absolute atomic E-state index is 11.9. The predicted octanol–water partition coefficient (Wildman–Crippen LogP) is 2.01. The minimum absolute atomic E-state index is 0.0759. The van der Waals surface area contributed by atoms with Crippen LogP contribution in [-0.2, 0) is 9.59 Å². The Morgan fingerprint density at radius 1 is 1.42 bits per heavy atom. The topological polar surface area (TPSA) is 74.7 Å². The van der Waals surface area contributed by atoms with Gasteiger partial charge in [0, 0.05) is 17.1 Å². The molecule has 0 aliphatic carbocycles. The first-order valence-corrected chi connectivity index (χ1v) is 6.26. The Hall–Kier alpha value is -1.95. The van der Waals surface area contributed by atoms with Crippen molar-refractivity contribution in [2.45, 2.75) is 6.92 Å². The van der Waals surface area contributed by atoms with Crippen LogP contribution in [0.4, 0.5) is 5.69 Å². The predicted molar refractivity (Wildman–Crippen MR) is 72.2 cm³/mol. The van der Waals surface area contributed by atoms with Crippen molar-refractivity contribution < 1.29 is 19.5 Å². The maximum Gasteiger partial charge on any atom is 0.328 e. The number of carbonyl (C=O) groups is 3. The molecule has 2 rings (SSSR count). The minimum Gasteiger partial charge on any atom is -0.478 e. The van der Waals surface area contributed by atoms with Crippen molar-refractivity contribution in [1.82, 2.24) is 0 Å². The third-order valence-electron chi connectivity index (χ3n) is 2.72. The monoisotopic (exact) mass is 323 g/mol. The van der Waals surface area contributed by atoms with Crippen LogP contribution in [0.1, 0.15) is 17.3 Å². The number of hydrogen-bond acceptors (Lipinski definition) is 3. The molecule has 0 saturated heterocycles. The molecule has 98 valence electrons. The molecular weight excluding hydrogens is 314 g/mol. The molecule has 19 heavy (non-hydrogen) atoms. The van der Waals surface area contributed by atoms with Crippen LogP contribution in [0.3, 0.4) is 0 Å². The Labute approximate surface area is 117 Å². The van der Waals surface area contributed by atoms with Crippen LogP contribution in [-0.4, -0.2) is 29.3 Å². The lowest BCUT2D eigenvalue weighted by Gasteiger charge is -2.17. The van der Waals surface area contributed by atoms with E-state index in [2.05, 4.69) is 15.9 Å². The Kier molecular flexibility index (Phi) is 3.53. The summed E-state index contributed by atoms with van der Waals surface area (Å²) in [6.07, 6.45) is 1.02. The third kappa shape index (κ3) is 2.44. The largest absolute Gasteiger partial charge is 0.478 e. The van der Waals surface area contributed by atoms with Gasteiger partial charge in [-0.3, -0.25) is 14.5 Å². The number of para-hydroxylation sites is 1. The average molecular weight is 324 g/mol. The van der Waals surface area contributed by atoms with E-state index >= 15 is 0 Å². The molecule has 1 amide bonds. The molecule has 1 N–H and O–H groups in total. The summed E-state index contributed by atoms with van der Waals surface area (Å²) in [6, 6.07) is 4.99. The van der Waals surface area contributed by atoms with Crippen molar-refractivity contribution in [1.29, 1.82) is 0 Å². The number of carbonyl (C=O) groups excluding carboxylic acids is 2. The van der Waals surface area contributed by atoms with E-state index in [4.69, 9.17) is 5.11 Å². The Bertz CT molecular complexity index is 621. The highest BCUT2D eigenvalue weighted by atomic mass is 79.9. The van der Waals surface area contributed by atoms with E-state index in [-0.39, 0.29) is 6.54 Å². The Balaban J connectivity index is 2.41. The van der Waals surface area contributed by atoms with Gasteiger partial charge in [-0.2, -0.15) is 0 Å². The van der Waals surface area contributed by atoms with Gasteiger partial charge in [0.15, 0.2) is 0 Å². The molecule has 1 aromatic rings. The zero-order chi connectivity index (χ0) is 14.2. The van der Waals surface area contributed by atoms with Crippen molar-refractivity contribution in [2.24, 2.45) is 0 Å². The first-order chi connectivity index (χ1) is 8.91. The number of anilines is 1. The molecule has 1 aliphatic rings. The number of carboxylic acid groups (broad SMARTS) is 1. The van der Waals surface area contributed by atoms with E-state index in [1.807, 2.05) is 0 Å². The lowest BCUT2D eigenvalue weighted by molar-refractivity contribution is -0.131. The highest BCUT2D eigenvalue weighted by Crippen LogP contribution is 2.36. The summed E-state index contributed by atoms with van der Waals surface area (Å²) in [5.41, 5.74) is 1.32. The molecule has 0 radical (unpaired) electrons. The minimum atomic E-state index is -1.08. The van der Waals surface area contributed by atoms with Crippen molar-refractivity contribution >= 4 is 39.3 Å². The number of hydrogen-bond donors (Lipinski definition) is 1. The SMILES string of the molecule is CC(=CC(=O)O)CN1C(=O)C(=O)c2cccc(Br)c21. The lowest BCUT2D eigenvalue weighted by atomic mass is 10.1. The van der Waals surface area contributed by atoms with Gasteiger partial charge < -0.3 is 5.11 Å². The number of carboxylic acids is 1. The second-order valence-electron chi connectivity index (χ2n) is 4.19. The summed E-state index contributed by atoms with van der Waals surface area (Å²) in [6.45, 7) is 1.67. The van der Waals surface area contributed by atoms with Crippen molar-refractivity contribution in [3.63, 3.8) is 0 Å². The van der Waals surface area contributed by atoms with Gasteiger partial charge in [0.25, 0.3) is 11.7 Å². The van der Waals surface area contributed by atoms with Crippen molar-refractivity contribution in [3.8, 4) is 0 Å². The quantitative estimate of drug-likeness (QED) is 0.682. The smallest absolute Gasteiger partial charge is 0.328 e. The van der Waals surface area contributed by atoms with Gasteiger partial charge in [-0.1, -0.05) is 6.07 Å². The first-order valence-electron chi connectivity index (χ1n) is 5.46. The summed E-state index contributed by atoms with van der Waals surface area (Å²) in [4.78, 5) is 35.6. The van der Waals surface area contributed by atoms with Gasteiger partial charge >= 0.3 is 5.97 Å². The summed E-state index contributed by atoms with van der Waals surface area (Å²) in [7, 11) is 0. The van der Waals surface area contributed by atoms with Crippen LogP contribution in [0, 0.1) is 0 Å². The fourth-order valence-electron chi connectivity index (χ4n) is 1.97. The molecule has 0 atom stereocenters. The number of benzene rings is 1. The second kappa shape index (κ2) is 4.97. The zero-order valence-electron chi connectivity index (χ0n) is 10.0. The van der Waals surface area contributed by atoms with Gasteiger partial charge in [0.2, 0.25) is 0 Å². The maximum atomic E-state index is 11.9. The highest BCUT2D eigenvalue weighted by Gasteiger charge is 2.37. The Morgan fingerprint density at radius 2 is 2.11 bits per heavy atom. The van der Waals surface area contributed by atoms with E-state index in [0.29, 0.717) is 21.3 Å². The molecule has 0 saturated carbocycles. The molecule has 0 bridgehead atoms. The van der Waals surface area contributed by atoms with Crippen LogP contribution in [0.5, 0.6) is 0 Å². The van der Waals surface area contributed by atoms with E-state index in [1.165, 1.54) is 4.90 Å². The molecule has 1 aromatic carbocycles. The van der Waals surface area contributed by atoms with Gasteiger partial charge in [-0.05, 0) is 40.6 Å². The van der Waals surface area contributed by atoms with Crippen molar-refractivity contribution in [2.75, 3.05) is 11.4 Å². The first kappa shape index (κ1) is 13.5. The Morgan fingerprint density at radius 3 is 2.74 bits per heavy atom. The number of Topliss-reactive ketones (excluding diaryl/α,β-unsaturated/α-hetero) is 1. The molecule has 0 unspecified atom stereocenters. The van der Waals surface area contributed by atoms with Crippen LogP contribution >= 0.6 is 15.9 Å². The third-order valence-corrected chi connectivity index (χ3v) is 3.36. The standard InChI is InChI=1S/C13H10BrNO4/c1-7(5-10(16)17)6-15-11-8(12(18)13(15)19)3-2-4-9(11)14/h2-5H,6H2,1H3,(H,16,17). The van der Waals surface area contributed by atoms with E-state index < -0.39 is 17.7 Å². The number of aliphatic carboxylic acids is 1. The molecule has 0 aromatic heterocycles. The van der Waals surface area contributed by atoms with Crippen LogP contribution in [0.15, 0.2) is 34.3 Å². The fourth-order valence-corrected chi connectivity index (χ4v) is 2.55. The summed E-state index contributed by atoms with van der Waals surface area (Å²) >= 11 is 3.30. The summed E-state index contributed by atoms with van der Waals surface area (Å²) in [5, 5.41) is 8.67. The average Bonchev–Trinajstić information content (AvgIpc) is 2.55. The number of nitrogens with zero attached hydrogens (tertiary/aromatic N) is 1. The fraction of sp³-hybridized carbons (Fsp3) is 0.154. The molecule has 0 spiro atoms. The summed E-state index contributed by atoms with van der Waals surface area (Å²) in [5.74, 6) is -2.29. The van der Waals surface area contributed by atoms with Gasteiger partial charge in [-0.25, -0.2) is 4.79 Å². The number of ketones is 1. The lowest BCUT2D eigenvalue weighted by Crippen LogP contribution is -2.31.